The van der Waals surface area contributed by atoms with Crippen molar-refractivity contribution in [3.63, 3.8) is 0 Å². The molecule has 0 rings (SSSR count). The number of hydrogen-bond donors (Lipinski definition) is 3. The summed E-state index contributed by atoms with van der Waals surface area (Å²) in [7, 11) is 0. The van der Waals surface area contributed by atoms with Crippen LogP contribution in [0.15, 0.2) is 0 Å². The van der Waals surface area contributed by atoms with Crippen molar-refractivity contribution in [2.45, 2.75) is 0 Å². The van der Waals surface area contributed by atoms with E-state index in [2.05, 4.69) is 11.5 Å². The Balaban J connectivity index is -0.0000000457. The van der Waals surface area contributed by atoms with E-state index in [1.54, 1.807) is 0 Å². The monoisotopic (exact) mass is 205 g/mol. The Hall–Kier alpha value is 0.0797. The quantitative estimate of drug-likeness (QED) is 0.380. The van der Waals surface area contributed by atoms with E-state index in [-0.39, 0.29) is 57.0 Å². The van der Waals surface area contributed by atoms with Gasteiger partial charge < -0.3 is 37.4 Å². The molecule has 0 saturated carbocycles. The number of carbonyl (C=O) groups is 2. The molecule has 7 N–H and O–H groups in total. The second kappa shape index (κ2) is 17.2. The molecule has 0 aliphatic rings. The minimum Gasteiger partial charge on any atom is -0.549 e. The molecular formula is C4H11CaN3O4. The molecule has 0 radical (unpaired) electrons. The third-order valence-electron chi connectivity index (χ3n) is 0.333. The minimum absolute atomic E-state index is 0. The number of nitrogens with two attached hydrogens (primary N) is 2. The van der Waals surface area contributed by atoms with Crippen molar-refractivity contribution in [3.8, 4) is 0 Å². The summed E-state index contributed by atoms with van der Waals surface area (Å²) in [6.07, 6.45) is 0. The van der Waals surface area contributed by atoms with Crippen LogP contribution in [-0.2, 0) is 9.59 Å². The van der Waals surface area contributed by atoms with E-state index in [0.29, 0.717) is 0 Å². The summed E-state index contributed by atoms with van der Waals surface area (Å²) in [5.74, 6) is -2.44. The van der Waals surface area contributed by atoms with E-state index in [0.717, 1.165) is 0 Å². The Morgan fingerprint density at radius 3 is 1.08 bits per heavy atom. The molecule has 8 heteroatoms. The van der Waals surface area contributed by atoms with Crippen LogP contribution in [0, 0.1) is 0 Å². The van der Waals surface area contributed by atoms with Gasteiger partial charge in [0.05, 0.1) is 11.9 Å². The van der Waals surface area contributed by atoms with Crippen molar-refractivity contribution in [2.75, 3.05) is 13.1 Å². The molecule has 0 heterocycles. The molecule has 68 valence electrons. The number of aliphatic carboxylic acids is 2. The maximum atomic E-state index is 9.13. The van der Waals surface area contributed by atoms with Gasteiger partial charge in [-0.2, -0.15) is 0 Å². The smallest absolute Gasteiger partial charge is 0.549 e. The maximum absolute atomic E-state index is 9.13. The SMILES string of the molecule is N.NCC(=O)[O-].NCC(=O)[O-].[Ca+2]. The molecule has 7 nitrogen and oxygen atoms in total. The van der Waals surface area contributed by atoms with Crippen LogP contribution >= 0.6 is 0 Å². The van der Waals surface area contributed by atoms with Gasteiger partial charge in [-0.3, -0.25) is 0 Å². The number of carbonyl (C=O) groups excluding carboxylic acids is 2. The zero-order valence-corrected chi connectivity index (χ0v) is 8.82. The van der Waals surface area contributed by atoms with Crippen molar-refractivity contribution < 1.29 is 19.8 Å². The molecule has 0 amide bonds. The van der Waals surface area contributed by atoms with Gasteiger partial charge in [0.25, 0.3) is 0 Å². The predicted molar refractivity (Wildman–Crippen MR) is 38.9 cm³/mol. The van der Waals surface area contributed by atoms with Crippen LogP contribution < -0.4 is 27.8 Å². The van der Waals surface area contributed by atoms with Gasteiger partial charge in [0.2, 0.25) is 0 Å². The Kier molecular flexibility index (Phi) is 32.6. The summed E-state index contributed by atoms with van der Waals surface area (Å²) in [6, 6.07) is 0. The molecule has 0 aromatic rings. The van der Waals surface area contributed by atoms with Gasteiger partial charge in [-0.1, -0.05) is 0 Å². The van der Waals surface area contributed by atoms with Crippen LogP contribution in [0.1, 0.15) is 0 Å². The van der Waals surface area contributed by atoms with E-state index < -0.39 is 11.9 Å². The van der Waals surface area contributed by atoms with Gasteiger partial charge in [-0.25, -0.2) is 0 Å². The second-order valence-electron chi connectivity index (χ2n) is 1.15. The molecule has 0 atom stereocenters. The Bertz CT molecular complexity index is 107. The Morgan fingerprint density at radius 2 is 1.08 bits per heavy atom. The van der Waals surface area contributed by atoms with Gasteiger partial charge in [-0.05, 0) is 0 Å². The van der Waals surface area contributed by atoms with Crippen molar-refractivity contribution in [3.05, 3.63) is 0 Å². The summed E-state index contributed by atoms with van der Waals surface area (Å²) >= 11 is 0. The van der Waals surface area contributed by atoms with Gasteiger partial charge >= 0.3 is 37.7 Å². The molecule has 0 aromatic carbocycles. The molecule has 0 bridgehead atoms. The molecule has 0 unspecified atom stereocenters. The fraction of sp³-hybridized carbons (Fsp3) is 0.500. The molecule has 0 aromatic heterocycles. The van der Waals surface area contributed by atoms with Crippen molar-refractivity contribution >= 4 is 49.7 Å². The molecule has 0 spiro atoms. The summed E-state index contributed by atoms with van der Waals surface area (Å²) < 4.78 is 0. The topological polar surface area (TPSA) is 167 Å². The predicted octanol–water partition coefficient (Wildman–Crippen LogP) is -4.83. The fourth-order valence-electron chi connectivity index (χ4n) is 0. The van der Waals surface area contributed by atoms with Gasteiger partial charge in [0.15, 0.2) is 0 Å². The normalized spacial score (nSPS) is 6.17. The molecule has 0 aliphatic heterocycles. The van der Waals surface area contributed by atoms with Crippen LogP contribution in [0.2, 0.25) is 0 Å². The van der Waals surface area contributed by atoms with Crippen LogP contribution in [0.25, 0.3) is 0 Å². The third-order valence-corrected chi connectivity index (χ3v) is 0.333. The molecule has 0 fully saturated rings. The standard InChI is InChI=1S/2C2H5NO2.Ca.H3N/c2*3-1-2(4)5;;/h2*1,3H2,(H,4,5);;1H3/q;;+2;/p-2. The first-order chi connectivity index (χ1) is 4.54. The average molecular weight is 205 g/mol. The van der Waals surface area contributed by atoms with Gasteiger partial charge in [0, 0.05) is 13.1 Å². The van der Waals surface area contributed by atoms with Gasteiger partial charge in [0.1, 0.15) is 0 Å². The largest absolute Gasteiger partial charge is 2.00 e. The summed E-state index contributed by atoms with van der Waals surface area (Å²) in [5, 5.41) is 18.3. The van der Waals surface area contributed by atoms with Crippen molar-refractivity contribution in [2.24, 2.45) is 11.5 Å². The third kappa shape index (κ3) is 49.9. The van der Waals surface area contributed by atoms with Crippen LogP contribution in [0.5, 0.6) is 0 Å². The molecule has 0 saturated heterocycles. The summed E-state index contributed by atoms with van der Waals surface area (Å²) in [5.41, 5.74) is 9.02. The van der Waals surface area contributed by atoms with E-state index in [4.69, 9.17) is 19.8 Å². The number of hydrogen-bond acceptors (Lipinski definition) is 7. The first-order valence-corrected chi connectivity index (χ1v) is 2.34. The van der Waals surface area contributed by atoms with E-state index in [9.17, 15) is 0 Å². The van der Waals surface area contributed by atoms with Gasteiger partial charge in [-0.15, -0.1) is 0 Å². The van der Waals surface area contributed by atoms with E-state index in [1.165, 1.54) is 0 Å². The van der Waals surface area contributed by atoms with Crippen molar-refractivity contribution in [1.29, 1.82) is 0 Å². The maximum Gasteiger partial charge on any atom is 2.00 e. The number of carboxylic acids is 2. The minimum atomic E-state index is -1.22. The summed E-state index contributed by atoms with van der Waals surface area (Å²) in [4.78, 5) is 18.3. The first kappa shape index (κ1) is 22.7. The Morgan fingerprint density at radius 1 is 1.00 bits per heavy atom. The summed E-state index contributed by atoms with van der Waals surface area (Å²) in [6.45, 7) is -0.778. The zero-order chi connectivity index (χ0) is 8.57. The van der Waals surface area contributed by atoms with E-state index >= 15 is 0 Å². The molecule has 0 aliphatic carbocycles. The average Bonchev–Trinajstić information content (AvgIpc) is 1.89. The Labute approximate surface area is 99.7 Å². The second-order valence-corrected chi connectivity index (χ2v) is 1.15. The van der Waals surface area contributed by atoms with E-state index in [1.807, 2.05) is 0 Å². The molecular weight excluding hydrogens is 194 g/mol. The fourth-order valence-corrected chi connectivity index (χ4v) is 0. The van der Waals surface area contributed by atoms with Crippen LogP contribution in [0.3, 0.4) is 0 Å². The number of rotatable bonds is 2. The van der Waals surface area contributed by atoms with Crippen LogP contribution in [0.4, 0.5) is 0 Å². The van der Waals surface area contributed by atoms with Crippen molar-refractivity contribution in [1.82, 2.24) is 6.15 Å². The zero-order valence-electron chi connectivity index (χ0n) is 6.62. The first-order valence-electron chi connectivity index (χ1n) is 2.34. The molecule has 12 heavy (non-hydrogen) atoms. The number of carboxylic acid groups (broad SMARTS) is 2. The van der Waals surface area contributed by atoms with Crippen LogP contribution in [-0.4, -0.2) is 62.8 Å².